The normalized spacial score (nSPS) is 12.6. The zero-order chi connectivity index (χ0) is 17.7. The molecule has 0 aliphatic carbocycles. The molecular formula is C17H19FN2O3S. The molecule has 1 amide bonds. The highest BCUT2D eigenvalue weighted by Gasteiger charge is 2.17. The molecule has 24 heavy (non-hydrogen) atoms. The van der Waals surface area contributed by atoms with Gasteiger partial charge in [0, 0.05) is 17.3 Å². The summed E-state index contributed by atoms with van der Waals surface area (Å²) in [5.74, 6) is -0.898. The predicted octanol–water partition coefficient (Wildman–Crippen LogP) is 3.15. The zero-order valence-electron chi connectivity index (χ0n) is 13.4. The van der Waals surface area contributed by atoms with Gasteiger partial charge in [-0.15, -0.1) is 0 Å². The SMILES string of the molecule is CC[C@H](C)NS(=O)(=O)c1ccc(C(=O)Nc2cccc(F)c2)cc1. The maximum Gasteiger partial charge on any atom is 0.255 e. The number of carbonyl (C=O) groups excluding carboxylic acids is 1. The fourth-order valence-electron chi connectivity index (χ4n) is 1.97. The smallest absolute Gasteiger partial charge is 0.255 e. The lowest BCUT2D eigenvalue weighted by Gasteiger charge is -2.12. The summed E-state index contributed by atoms with van der Waals surface area (Å²) in [6.07, 6.45) is 0.674. The van der Waals surface area contributed by atoms with Crippen LogP contribution in [0.1, 0.15) is 30.6 Å². The van der Waals surface area contributed by atoms with Crippen LogP contribution >= 0.6 is 0 Å². The molecule has 5 nitrogen and oxygen atoms in total. The van der Waals surface area contributed by atoms with Crippen molar-refractivity contribution in [2.75, 3.05) is 5.32 Å². The third-order valence-corrected chi connectivity index (χ3v) is 5.08. The summed E-state index contributed by atoms with van der Waals surface area (Å²) < 4.78 is 40.0. The quantitative estimate of drug-likeness (QED) is 0.840. The minimum Gasteiger partial charge on any atom is -0.322 e. The summed E-state index contributed by atoms with van der Waals surface area (Å²) in [6, 6.07) is 10.9. The third-order valence-electron chi connectivity index (χ3n) is 3.48. The molecule has 0 unspecified atom stereocenters. The van der Waals surface area contributed by atoms with Crippen LogP contribution in [0.15, 0.2) is 53.4 Å². The van der Waals surface area contributed by atoms with Crippen molar-refractivity contribution in [3.63, 3.8) is 0 Å². The number of rotatable bonds is 6. The Morgan fingerprint density at radius 1 is 1.17 bits per heavy atom. The second kappa shape index (κ2) is 7.55. The molecule has 128 valence electrons. The van der Waals surface area contributed by atoms with Crippen LogP contribution in [0.2, 0.25) is 0 Å². The molecule has 0 aromatic heterocycles. The van der Waals surface area contributed by atoms with Gasteiger partial charge >= 0.3 is 0 Å². The molecule has 0 saturated carbocycles. The van der Waals surface area contributed by atoms with E-state index in [0.717, 1.165) is 0 Å². The predicted molar refractivity (Wildman–Crippen MR) is 90.9 cm³/mol. The summed E-state index contributed by atoms with van der Waals surface area (Å²) in [5.41, 5.74) is 0.608. The Bertz CT molecular complexity index is 820. The fourth-order valence-corrected chi connectivity index (χ4v) is 3.30. The highest BCUT2D eigenvalue weighted by molar-refractivity contribution is 7.89. The van der Waals surface area contributed by atoms with Gasteiger partial charge in [-0.1, -0.05) is 13.0 Å². The van der Waals surface area contributed by atoms with Crippen molar-refractivity contribution in [1.82, 2.24) is 4.72 Å². The van der Waals surface area contributed by atoms with Gasteiger partial charge in [0.15, 0.2) is 0 Å². The van der Waals surface area contributed by atoms with Gasteiger partial charge in [-0.2, -0.15) is 0 Å². The maximum absolute atomic E-state index is 13.1. The monoisotopic (exact) mass is 350 g/mol. The van der Waals surface area contributed by atoms with E-state index in [0.29, 0.717) is 12.1 Å². The minimum atomic E-state index is -3.61. The molecule has 0 bridgehead atoms. The van der Waals surface area contributed by atoms with Crippen molar-refractivity contribution < 1.29 is 17.6 Å². The summed E-state index contributed by atoms with van der Waals surface area (Å²) in [5, 5.41) is 2.55. The van der Waals surface area contributed by atoms with E-state index in [9.17, 15) is 17.6 Å². The molecule has 0 saturated heterocycles. The molecule has 0 spiro atoms. The number of halogens is 1. The largest absolute Gasteiger partial charge is 0.322 e. The first-order valence-corrected chi connectivity index (χ1v) is 8.99. The van der Waals surface area contributed by atoms with Gasteiger partial charge in [-0.25, -0.2) is 17.5 Å². The Morgan fingerprint density at radius 2 is 1.83 bits per heavy atom. The number of nitrogens with one attached hydrogen (secondary N) is 2. The number of sulfonamides is 1. The summed E-state index contributed by atoms with van der Waals surface area (Å²) in [7, 11) is -3.61. The fraction of sp³-hybridized carbons (Fsp3) is 0.235. The highest BCUT2D eigenvalue weighted by Crippen LogP contribution is 2.14. The van der Waals surface area contributed by atoms with Gasteiger partial charge in [-0.05, 0) is 55.8 Å². The zero-order valence-corrected chi connectivity index (χ0v) is 14.2. The first-order chi connectivity index (χ1) is 11.3. The molecule has 2 N–H and O–H groups in total. The molecule has 0 radical (unpaired) electrons. The topological polar surface area (TPSA) is 75.3 Å². The molecule has 2 rings (SSSR count). The second-order valence-electron chi connectivity index (χ2n) is 5.42. The molecule has 7 heteroatoms. The van der Waals surface area contributed by atoms with Gasteiger partial charge in [0.1, 0.15) is 5.82 Å². The van der Waals surface area contributed by atoms with Crippen LogP contribution in [-0.2, 0) is 10.0 Å². The van der Waals surface area contributed by atoms with Crippen LogP contribution in [0.5, 0.6) is 0 Å². The van der Waals surface area contributed by atoms with Gasteiger partial charge in [0.25, 0.3) is 5.91 Å². The molecule has 2 aromatic rings. The Kier molecular flexibility index (Phi) is 5.69. The maximum atomic E-state index is 13.1. The Balaban J connectivity index is 2.12. The molecule has 2 aromatic carbocycles. The van der Waals surface area contributed by atoms with Crippen molar-refractivity contribution in [3.8, 4) is 0 Å². The average molecular weight is 350 g/mol. The van der Waals surface area contributed by atoms with E-state index in [1.54, 1.807) is 13.0 Å². The molecule has 0 fully saturated rings. The van der Waals surface area contributed by atoms with Gasteiger partial charge in [0.05, 0.1) is 4.90 Å². The minimum absolute atomic E-state index is 0.0881. The van der Waals surface area contributed by atoms with E-state index in [2.05, 4.69) is 10.0 Å². The van der Waals surface area contributed by atoms with Crippen LogP contribution < -0.4 is 10.0 Å². The Hall–Kier alpha value is -2.25. The number of benzene rings is 2. The first-order valence-electron chi connectivity index (χ1n) is 7.51. The molecule has 0 heterocycles. The van der Waals surface area contributed by atoms with E-state index in [4.69, 9.17) is 0 Å². The van der Waals surface area contributed by atoms with E-state index < -0.39 is 21.7 Å². The Morgan fingerprint density at radius 3 is 2.42 bits per heavy atom. The van der Waals surface area contributed by atoms with Crippen LogP contribution in [0.4, 0.5) is 10.1 Å². The second-order valence-corrected chi connectivity index (χ2v) is 7.13. The van der Waals surface area contributed by atoms with Crippen molar-refractivity contribution in [1.29, 1.82) is 0 Å². The number of hydrogen-bond donors (Lipinski definition) is 2. The molecule has 0 aliphatic rings. The van der Waals surface area contributed by atoms with Crippen molar-refractivity contribution >= 4 is 21.6 Å². The lowest BCUT2D eigenvalue weighted by Crippen LogP contribution is -2.32. The van der Waals surface area contributed by atoms with Gasteiger partial charge in [0.2, 0.25) is 10.0 Å². The number of anilines is 1. The van der Waals surface area contributed by atoms with Crippen LogP contribution in [0.3, 0.4) is 0 Å². The molecule has 0 aliphatic heterocycles. The van der Waals surface area contributed by atoms with Crippen LogP contribution in [0.25, 0.3) is 0 Å². The Labute approximate surface area is 141 Å². The summed E-state index contributed by atoms with van der Waals surface area (Å²) >= 11 is 0. The van der Waals surface area contributed by atoms with E-state index >= 15 is 0 Å². The van der Waals surface area contributed by atoms with E-state index in [1.165, 1.54) is 42.5 Å². The first kappa shape index (κ1) is 18.1. The molecular weight excluding hydrogens is 331 g/mol. The number of carbonyl (C=O) groups is 1. The van der Waals surface area contributed by atoms with Crippen LogP contribution in [-0.4, -0.2) is 20.4 Å². The number of amides is 1. The van der Waals surface area contributed by atoms with E-state index in [1.807, 2.05) is 6.92 Å². The molecule has 1 atom stereocenters. The van der Waals surface area contributed by atoms with Gasteiger partial charge in [-0.3, -0.25) is 4.79 Å². The highest BCUT2D eigenvalue weighted by atomic mass is 32.2. The van der Waals surface area contributed by atoms with Gasteiger partial charge < -0.3 is 5.32 Å². The van der Waals surface area contributed by atoms with E-state index in [-0.39, 0.29) is 16.5 Å². The van der Waals surface area contributed by atoms with Crippen molar-refractivity contribution in [2.45, 2.75) is 31.2 Å². The van der Waals surface area contributed by atoms with Crippen LogP contribution in [0, 0.1) is 5.82 Å². The lowest BCUT2D eigenvalue weighted by atomic mass is 10.2. The van der Waals surface area contributed by atoms with Crippen molar-refractivity contribution in [2.24, 2.45) is 0 Å². The lowest BCUT2D eigenvalue weighted by molar-refractivity contribution is 0.102. The summed E-state index contributed by atoms with van der Waals surface area (Å²) in [6.45, 7) is 3.66. The average Bonchev–Trinajstić information content (AvgIpc) is 2.54. The summed E-state index contributed by atoms with van der Waals surface area (Å²) in [4.78, 5) is 12.2. The third kappa shape index (κ3) is 4.62. The number of hydrogen-bond acceptors (Lipinski definition) is 3. The van der Waals surface area contributed by atoms with Crippen molar-refractivity contribution in [3.05, 3.63) is 59.9 Å². The standard InChI is InChI=1S/C17H19FN2O3S/c1-3-12(2)20-24(22,23)16-9-7-13(8-10-16)17(21)19-15-6-4-5-14(18)11-15/h4-12,20H,3H2,1-2H3,(H,19,21)/t12-/m0/s1.